The van der Waals surface area contributed by atoms with Crippen molar-refractivity contribution in [3.8, 4) is 0 Å². The highest BCUT2D eigenvalue weighted by molar-refractivity contribution is 5.73. The minimum Gasteiger partial charge on any atom is -0.481 e. The van der Waals surface area contributed by atoms with Gasteiger partial charge in [-0.05, 0) is 32.7 Å². The summed E-state index contributed by atoms with van der Waals surface area (Å²) in [5, 5.41) is 17.9. The van der Waals surface area contributed by atoms with Crippen LogP contribution in [-0.2, 0) is 4.79 Å². The van der Waals surface area contributed by atoms with Gasteiger partial charge in [0, 0.05) is 19.7 Å². The molecular weight excluding hydrogens is 182 g/mol. The van der Waals surface area contributed by atoms with Gasteiger partial charge in [0.25, 0.3) is 0 Å². The molecule has 2 N–H and O–H groups in total. The van der Waals surface area contributed by atoms with Crippen molar-refractivity contribution in [3.63, 3.8) is 0 Å². The SMILES string of the molecule is CC(C)(CN1CCC(CO)C1)C(=O)O. The first-order chi connectivity index (χ1) is 6.45. The minimum atomic E-state index is -0.759. The fourth-order valence-corrected chi connectivity index (χ4v) is 1.83. The van der Waals surface area contributed by atoms with Crippen LogP contribution in [0.3, 0.4) is 0 Å². The van der Waals surface area contributed by atoms with Crippen LogP contribution in [0.4, 0.5) is 0 Å². The Kier molecular flexibility index (Phi) is 3.50. The Labute approximate surface area is 84.5 Å². The zero-order valence-electron chi connectivity index (χ0n) is 8.86. The first-order valence-electron chi connectivity index (χ1n) is 5.02. The van der Waals surface area contributed by atoms with Crippen LogP contribution in [0.5, 0.6) is 0 Å². The molecule has 82 valence electrons. The number of aliphatic hydroxyl groups excluding tert-OH is 1. The summed E-state index contributed by atoms with van der Waals surface area (Å²) < 4.78 is 0. The lowest BCUT2D eigenvalue weighted by molar-refractivity contribution is -0.147. The molecule has 1 aliphatic heterocycles. The molecule has 0 bridgehead atoms. The third kappa shape index (κ3) is 2.69. The zero-order chi connectivity index (χ0) is 10.8. The van der Waals surface area contributed by atoms with E-state index in [0.717, 1.165) is 19.5 Å². The van der Waals surface area contributed by atoms with E-state index in [9.17, 15) is 4.79 Å². The molecule has 4 nitrogen and oxygen atoms in total. The van der Waals surface area contributed by atoms with Crippen LogP contribution in [-0.4, -0.2) is 47.3 Å². The van der Waals surface area contributed by atoms with Crippen molar-refractivity contribution < 1.29 is 15.0 Å². The lowest BCUT2D eigenvalue weighted by Crippen LogP contribution is -2.38. The monoisotopic (exact) mass is 201 g/mol. The van der Waals surface area contributed by atoms with Gasteiger partial charge >= 0.3 is 5.97 Å². The fourth-order valence-electron chi connectivity index (χ4n) is 1.83. The number of aliphatic carboxylic acids is 1. The molecule has 1 heterocycles. The van der Waals surface area contributed by atoms with Gasteiger partial charge in [0.1, 0.15) is 0 Å². The van der Waals surface area contributed by atoms with E-state index in [1.165, 1.54) is 0 Å². The summed E-state index contributed by atoms with van der Waals surface area (Å²) in [7, 11) is 0. The number of hydrogen-bond donors (Lipinski definition) is 2. The van der Waals surface area contributed by atoms with E-state index in [0.29, 0.717) is 12.5 Å². The minimum absolute atomic E-state index is 0.212. The van der Waals surface area contributed by atoms with E-state index in [4.69, 9.17) is 10.2 Å². The zero-order valence-corrected chi connectivity index (χ0v) is 8.86. The average Bonchev–Trinajstić information content (AvgIpc) is 2.51. The van der Waals surface area contributed by atoms with Crippen LogP contribution in [0.25, 0.3) is 0 Å². The number of nitrogens with zero attached hydrogens (tertiary/aromatic N) is 1. The van der Waals surface area contributed by atoms with Gasteiger partial charge in [-0.3, -0.25) is 4.79 Å². The van der Waals surface area contributed by atoms with Crippen molar-refractivity contribution >= 4 is 5.97 Å². The van der Waals surface area contributed by atoms with E-state index >= 15 is 0 Å². The van der Waals surface area contributed by atoms with Crippen molar-refractivity contribution in [1.29, 1.82) is 0 Å². The summed E-state index contributed by atoms with van der Waals surface area (Å²) in [6.07, 6.45) is 0.978. The lowest BCUT2D eigenvalue weighted by atomic mass is 9.93. The second-order valence-corrected chi connectivity index (χ2v) is 4.76. The summed E-state index contributed by atoms with van der Waals surface area (Å²) in [4.78, 5) is 13.0. The van der Waals surface area contributed by atoms with Gasteiger partial charge in [0.15, 0.2) is 0 Å². The van der Waals surface area contributed by atoms with Gasteiger partial charge in [-0.2, -0.15) is 0 Å². The van der Waals surface area contributed by atoms with Crippen molar-refractivity contribution in [3.05, 3.63) is 0 Å². The Hall–Kier alpha value is -0.610. The van der Waals surface area contributed by atoms with Crippen LogP contribution in [0, 0.1) is 11.3 Å². The molecule has 0 amide bonds. The molecule has 4 heteroatoms. The number of carboxylic acid groups (broad SMARTS) is 1. The quantitative estimate of drug-likeness (QED) is 0.691. The molecule has 0 radical (unpaired) electrons. The molecule has 14 heavy (non-hydrogen) atoms. The smallest absolute Gasteiger partial charge is 0.310 e. The Morgan fingerprint density at radius 1 is 1.57 bits per heavy atom. The topological polar surface area (TPSA) is 60.8 Å². The third-order valence-electron chi connectivity index (χ3n) is 2.83. The molecule has 0 aromatic rings. The molecule has 1 fully saturated rings. The largest absolute Gasteiger partial charge is 0.481 e. The molecule has 1 unspecified atom stereocenters. The first kappa shape index (κ1) is 11.5. The predicted octanol–water partition coefficient (Wildman–Crippen LogP) is 0.411. The van der Waals surface area contributed by atoms with Crippen LogP contribution < -0.4 is 0 Å². The normalized spacial score (nSPS) is 24.1. The summed E-state index contributed by atoms with van der Waals surface area (Å²) >= 11 is 0. The lowest BCUT2D eigenvalue weighted by Gasteiger charge is -2.26. The highest BCUT2D eigenvalue weighted by Crippen LogP contribution is 2.22. The van der Waals surface area contributed by atoms with Crippen molar-refractivity contribution in [2.75, 3.05) is 26.2 Å². The van der Waals surface area contributed by atoms with Crippen LogP contribution in [0.15, 0.2) is 0 Å². The second-order valence-electron chi connectivity index (χ2n) is 4.76. The summed E-state index contributed by atoms with van der Waals surface area (Å²) in [5.74, 6) is -0.426. The van der Waals surface area contributed by atoms with Crippen LogP contribution in [0.2, 0.25) is 0 Å². The second kappa shape index (κ2) is 4.28. The van der Waals surface area contributed by atoms with Crippen LogP contribution >= 0.6 is 0 Å². The highest BCUT2D eigenvalue weighted by atomic mass is 16.4. The maximum absolute atomic E-state index is 10.9. The molecular formula is C10H19NO3. The number of rotatable bonds is 4. The molecule has 0 saturated carbocycles. The number of likely N-dealkylation sites (tertiary alicyclic amines) is 1. The van der Waals surface area contributed by atoms with Crippen molar-refractivity contribution in [2.24, 2.45) is 11.3 Å². The number of aliphatic hydroxyl groups is 1. The van der Waals surface area contributed by atoms with Gasteiger partial charge in [-0.25, -0.2) is 0 Å². The highest BCUT2D eigenvalue weighted by Gasteiger charge is 2.32. The maximum atomic E-state index is 10.9. The van der Waals surface area contributed by atoms with Crippen LogP contribution in [0.1, 0.15) is 20.3 Å². The Bertz CT molecular complexity index is 215. The van der Waals surface area contributed by atoms with Gasteiger partial charge in [-0.1, -0.05) is 0 Å². The number of hydrogen-bond acceptors (Lipinski definition) is 3. The first-order valence-corrected chi connectivity index (χ1v) is 5.02. The van der Waals surface area contributed by atoms with E-state index in [1.807, 2.05) is 0 Å². The molecule has 1 saturated heterocycles. The summed E-state index contributed by atoms with van der Waals surface area (Å²) in [6, 6.07) is 0. The standard InChI is InChI=1S/C10H19NO3/c1-10(2,9(13)14)7-11-4-3-8(5-11)6-12/h8,12H,3-7H2,1-2H3,(H,13,14). The van der Waals surface area contributed by atoms with E-state index in [2.05, 4.69) is 4.90 Å². The third-order valence-corrected chi connectivity index (χ3v) is 2.83. The molecule has 1 aliphatic rings. The Morgan fingerprint density at radius 2 is 2.21 bits per heavy atom. The molecule has 0 aliphatic carbocycles. The molecule has 0 aromatic carbocycles. The average molecular weight is 201 g/mol. The van der Waals surface area contributed by atoms with Gasteiger partial charge in [0.05, 0.1) is 5.41 Å². The molecule has 1 rings (SSSR count). The number of carbonyl (C=O) groups is 1. The molecule has 0 aromatic heterocycles. The maximum Gasteiger partial charge on any atom is 0.310 e. The summed E-state index contributed by atoms with van der Waals surface area (Å²) in [5.41, 5.74) is -0.690. The summed E-state index contributed by atoms with van der Waals surface area (Å²) in [6.45, 7) is 5.99. The van der Waals surface area contributed by atoms with Gasteiger partial charge < -0.3 is 15.1 Å². The molecule has 0 spiro atoms. The predicted molar refractivity (Wildman–Crippen MR) is 53.0 cm³/mol. The van der Waals surface area contributed by atoms with Gasteiger partial charge in [-0.15, -0.1) is 0 Å². The van der Waals surface area contributed by atoms with E-state index in [-0.39, 0.29) is 6.61 Å². The Balaban J connectivity index is 2.42. The Morgan fingerprint density at radius 3 is 2.64 bits per heavy atom. The van der Waals surface area contributed by atoms with E-state index < -0.39 is 11.4 Å². The number of carboxylic acids is 1. The van der Waals surface area contributed by atoms with Gasteiger partial charge in [0.2, 0.25) is 0 Å². The van der Waals surface area contributed by atoms with Crippen molar-refractivity contribution in [1.82, 2.24) is 4.90 Å². The fraction of sp³-hybridized carbons (Fsp3) is 0.900. The van der Waals surface area contributed by atoms with E-state index in [1.54, 1.807) is 13.8 Å². The molecule has 1 atom stereocenters. The van der Waals surface area contributed by atoms with Crippen molar-refractivity contribution in [2.45, 2.75) is 20.3 Å².